The second-order valence-electron chi connectivity index (χ2n) is 11.1. The summed E-state index contributed by atoms with van der Waals surface area (Å²) in [4.78, 5) is 0. The summed E-state index contributed by atoms with van der Waals surface area (Å²) in [5, 5.41) is 41.9. The maximum atomic E-state index is 10.5. The number of rotatable bonds is 17. The average molecular weight is 479 g/mol. The molecule has 0 spiro atoms. The Bertz CT molecular complexity index is 627. The normalized spacial score (nSPS) is 18.0. The van der Waals surface area contributed by atoms with E-state index in [2.05, 4.69) is 38.2 Å². The quantitative estimate of drug-likeness (QED) is 0.135. The minimum atomic E-state index is -1.06. The summed E-state index contributed by atoms with van der Waals surface area (Å²) >= 11 is 0. The van der Waals surface area contributed by atoms with Gasteiger partial charge in [-0.2, -0.15) is 0 Å². The van der Waals surface area contributed by atoms with Gasteiger partial charge in [-0.05, 0) is 120 Å². The number of unbranched alkanes of at least 4 members (excludes halogenated alkanes) is 1. The third-order valence-corrected chi connectivity index (χ3v) is 6.62. The molecule has 0 aromatic rings. The lowest BCUT2D eigenvalue weighted by Crippen LogP contribution is -2.39. The Morgan fingerprint density at radius 3 is 1.21 bits per heavy atom. The van der Waals surface area contributed by atoms with Crippen molar-refractivity contribution < 1.29 is 20.4 Å². The van der Waals surface area contributed by atoms with Crippen LogP contribution < -0.4 is 0 Å². The van der Waals surface area contributed by atoms with E-state index in [1.807, 2.05) is 27.7 Å². The van der Waals surface area contributed by atoms with Crippen LogP contribution in [0.2, 0.25) is 0 Å². The zero-order chi connectivity index (χ0) is 26.4. The molecule has 4 atom stereocenters. The molecule has 34 heavy (non-hydrogen) atoms. The molecule has 0 aromatic carbocycles. The van der Waals surface area contributed by atoms with Gasteiger partial charge in [0, 0.05) is 0 Å². The third kappa shape index (κ3) is 15.7. The first-order chi connectivity index (χ1) is 15.7. The molecule has 0 aromatic heterocycles. The first-order valence-corrected chi connectivity index (χ1v) is 13.1. The molecule has 4 heteroatoms. The Hall–Kier alpha value is -1.20. The van der Waals surface area contributed by atoms with E-state index in [4.69, 9.17) is 0 Å². The number of allylic oxidation sites excluding steroid dienone is 8. The second kappa shape index (κ2) is 16.5. The highest BCUT2D eigenvalue weighted by Crippen LogP contribution is 2.24. The maximum Gasteiger partial charge on any atom is 0.0880 e. The van der Waals surface area contributed by atoms with Crippen molar-refractivity contribution in [2.45, 2.75) is 143 Å². The molecule has 4 N–H and O–H groups in total. The summed E-state index contributed by atoms with van der Waals surface area (Å²) in [5.41, 5.74) is 2.79. The highest BCUT2D eigenvalue weighted by atomic mass is 16.3. The molecule has 0 aliphatic carbocycles. The lowest BCUT2D eigenvalue weighted by Gasteiger charge is -2.29. The Kier molecular flexibility index (Phi) is 15.9. The molecule has 0 amide bonds. The van der Waals surface area contributed by atoms with Crippen molar-refractivity contribution in [3.8, 4) is 0 Å². The maximum absolute atomic E-state index is 10.5. The first kappa shape index (κ1) is 32.8. The molecule has 0 rings (SSSR count). The van der Waals surface area contributed by atoms with Crippen molar-refractivity contribution in [1.29, 1.82) is 0 Å². The largest absolute Gasteiger partial charge is 0.390 e. The summed E-state index contributed by atoms with van der Waals surface area (Å²) in [6.07, 6.45) is 14.3. The zero-order valence-electron chi connectivity index (χ0n) is 23.3. The standard InChI is InChI=1S/C30H54O4/c1-23(2)13-11-21-29(7,33)27(31)19-17-25(5)15-9-10-16-26(6)18-20-28(32)30(8,34)22-12-14-24(3)4/h13-16,27-28,31-34H,9-12,17-22H2,1-8H3/b25-15+,26-16+/t27-,28-,29+,30+/m0/s1. The van der Waals surface area contributed by atoms with E-state index in [1.165, 1.54) is 22.3 Å². The van der Waals surface area contributed by atoms with E-state index >= 15 is 0 Å². The van der Waals surface area contributed by atoms with Crippen LogP contribution in [0, 0.1) is 0 Å². The van der Waals surface area contributed by atoms with E-state index in [0.29, 0.717) is 25.7 Å². The lowest BCUT2D eigenvalue weighted by molar-refractivity contribution is -0.0692. The minimum absolute atomic E-state index is 0.560. The van der Waals surface area contributed by atoms with Crippen molar-refractivity contribution in [3.63, 3.8) is 0 Å². The van der Waals surface area contributed by atoms with Crippen LogP contribution >= 0.6 is 0 Å². The fourth-order valence-corrected chi connectivity index (χ4v) is 3.85. The fourth-order valence-electron chi connectivity index (χ4n) is 3.85. The monoisotopic (exact) mass is 478 g/mol. The highest BCUT2D eigenvalue weighted by Gasteiger charge is 2.29. The van der Waals surface area contributed by atoms with E-state index < -0.39 is 23.4 Å². The molecule has 4 nitrogen and oxygen atoms in total. The number of aliphatic hydroxyl groups excluding tert-OH is 2. The number of hydrogen-bond donors (Lipinski definition) is 4. The molecule has 0 aliphatic heterocycles. The van der Waals surface area contributed by atoms with Gasteiger partial charge in [-0.3, -0.25) is 0 Å². The molecule has 0 fully saturated rings. The van der Waals surface area contributed by atoms with E-state index in [1.54, 1.807) is 13.8 Å². The van der Waals surface area contributed by atoms with Crippen molar-refractivity contribution in [2.75, 3.05) is 0 Å². The van der Waals surface area contributed by atoms with Crippen LogP contribution in [0.4, 0.5) is 0 Å². The highest BCUT2D eigenvalue weighted by molar-refractivity contribution is 5.04. The van der Waals surface area contributed by atoms with Gasteiger partial charge >= 0.3 is 0 Å². The molecule has 0 radical (unpaired) electrons. The second-order valence-corrected chi connectivity index (χ2v) is 11.1. The fraction of sp³-hybridized carbons (Fsp3) is 0.733. The van der Waals surface area contributed by atoms with Gasteiger partial charge in [-0.25, -0.2) is 0 Å². The third-order valence-electron chi connectivity index (χ3n) is 6.62. The molecular weight excluding hydrogens is 424 g/mol. The molecular formula is C30H54O4. The van der Waals surface area contributed by atoms with Crippen molar-refractivity contribution >= 4 is 0 Å². The topological polar surface area (TPSA) is 80.9 Å². The SMILES string of the molecule is CC(C)=CCC[C@@](C)(O)[C@@H](O)CC/C(C)=C/CC/C=C(\C)CC[C@H](O)[C@](C)(O)CCC=C(C)C. The Balaban J connectivity index is 4.36. The first-order valence-electron chi connectivity index (χ1n) is 13.1. The smallest absolute Gasteiger partial charge is 0.0880 e. The van der Waals surface area contributed by atoms with Crippen LogP contribution in [0.25, 0.3) is 0 Å². The van der Waals surface area contributed by atoms with Gasteiger partial charge in [0.25, 0.3) is 0 Å². The lowest BCUT2D eigenvalue weighted by atomic mass is 9.89. The molecule has 198 valence electrons. The summed E-state index contributed by atoms with van der Waals surface area (Å²) < 4.78 is 0. The van der Waals surface area contributed by atoms with Crippen LogP contribution in [0.3, 0.4) is 0 Å². The van der Waals surface area contributed by atoms with Crippen LogP contribution in [0.1, 0.15) is 120 Å². The van der Waals surface area contributed by atoms with Gasteiger partial charge in [0.05, 0.1) is 23.4 Å². The Labute approximate surface area is 210 Å². The van der Waals surface area contributed by atoms with Gasteiger partial charge in [0.2, 0.25) is 0 Å². The molecule has 0 aliphatic rings. The van der Waals surface area contributed by atoms with Gasteiger partial charge in [-0.1, -0.05) is 46.6 Å². The van der Waals surface area contributed by atoms with Gasteiger partial charge in [-0.15, -0.1) is 0 Å². The van der Waals surface area contributed by atoms with Gasteiger partial charge < -0.3 is 20.4 Å². The van der Waals surface area contributed by atoms with Crippen LogP contribution in [-0.2, 0) is 0 Å². The molecule has 0 saturated carbocycles. The van der Waals surface area contributed by atoms with Crippen LogP contribution in [0.5, 0.6) is 0 Å². The number of hydrogen-bond acceptors (Lipinski definition) is 4. The van der Waals surface area contributed by atoms with E-state index in [9.17, 15) is 20.4 Å². The van der Waals surface area contributed by atoms with Crippen molar-refractivity contribution in [3.05, 3.63) is 46.6 Å². The predicted octanol–water partition coefficient (Wildman–Crippen LogP) is 6.94. The zero-order valence-corrected chi connectivity index (χ0v) is 23.3. The number of aliphatic hydroxyl groups is 4. The Morgan fingerprint density at radius 2 is 0.912 bits per heavy atom. The van der Waals surface area contributed by atoms with Crippen LogP contribution in [0.15, 0.2) is 46.6 Å². The van der Waals surface area contributed by atoms with Crippen molar-refractivity contribution in [2.24, 2.45) is 0 Å². The van der Waals surface area contributed by atoms with Gasteiger partial charge in [0.15, 0.2) is 0 Å². The predicted molar refractivity (Wildman–Crippen MR) is 146 cm³/mol. The van der Waals surface area contributed by atoms with Crippen molar-refractivity contribution in [1.82, 2.24) is 0 Å². The molecule has 0 saturated heterocycles. The van der Waals surface area contributed by atoms with E-state index in [0.717, 1.165) is 38.5 Å². The van der Waals surface area contributed by atoms with Crippen LogP contribution in [-0.4, -0.2) is 43.8 Å². The molecule has 0 bridgehead atoms. The van der Waals surface area contributed by atoms with Gasteiger partial charge in [0.1, 0.15) is 0 Å². The van der Waals surface area contributed by atoms with E-state index in [-0.39, 0.29) is 0 Å². The summed E-state index contributed by atoms with van der Waals surface area (Å²) in [7, 11) is 0. The molecule has 0 unspecified atom stereocenters. The molecule has 0 heterocycles. The average Bonchev–Trinajstić information content (AvgIpc) is 2.72. The minimum Gasteiger partial charge on any atom is -0.390 e. The Morgan fingerprint density at radius 1 is 0.588 bits per heavy atom. The summed E-state index contributed by atoms with van der Waals surface area (Å²) in [6, 6.07) is 0. The summed E-state index contributed by atoms with van der Waals surface area (Å²) in [5.74, 6) is 0. The summed E-state index contributed by atoms with van der Waals surface area (Å²) in [6.45, 7) is 15.8.